The van der Waals surface area contributed by atoms with Gasteiger partial charge < -0.3 is 10.4 Å². The van der Waals surface area contributed by atoms with Crippen LogP contribution in [0.1, 0.15) is 41.8 Å². The quantitative estimate of drug-likeness (QED) is 0.886. The van der Waals surface area contributed by atoms with Crippen LogP contribution in [-0.2, 0) is 4.79 Å². The summed E-state index contributed by atoms with van der Waals surface area (Å²) >= 11 is 7.31. The van der Waals surface area contributed by atoms with Crippen LogP contribution in [0.2, 0.25) is 5.02 Å². The maximum Gasteiger partial charge on any atom is 0.223 e. The number of halogens is 1. The summed E-state index contributed by atoms with van der Waals surface area (Å²) in [5, 5.41) is 16.3. The van der Waals surface area contributed by atoms with Crippen LogP contribution in [0.4, 0.5) is 0 Å². The predicted molar refractivity (Wildman–Crippen MR) is 84.4 cm³/mol. The number of carbonyl (C=O) groups excluding carboxylic acids is 1. The summed E-state index contributed by atoms with van der Waals surface area (Å²) in [6.45, 7) is 3.80. The molecule has 2 rings (SSSR count). The van der Waals surface area contributed by atoms with E-state index >= 15 is 0 Å². The second-order valence-electron chi connectivity index (χ2n) is 4.89. The Balaban J connectivity index is 1.90. The van der Waals surface area contributed by atoms with E-state index < -0.39 is 6.10 Å². The van der Waals surface area contributed by atoms with Gasteiger partial charge in [-0.15, -0.1) is 11.3 Å². The third-order valence-electron chi connectivity index (χ3n) is 3.02. The van der Waals surface area contributed by atoms with E-state index in [9.17, 15) is 9.90 Å². The highest BCUT2D eigenvalue weighted by molar-refractivity contribution is 7.09. The van der Waals surface area contributed by atoms with E-state index in [1.807, 2.05) is 19.2 Å². The van der Waals surface area contributed by atoms with Gasteiger partial charge in [0.05, 0.1) is 18.6 Å². The summed E-state index contributed by atoms with van der Waals surface area (Å²) in [5.74, 6) is -0.210. The number of hydrogen-bond acceptors (Lipinski definition) is 4. The topological polar surface area (TPSA) is 62.2 Å². The van der Waals surface area contributed by atoms with Crippen LogP contribution >= 0.6 is 22.9 Å². The highest BCUT2D eigenvalue weighted by Gasteiger charge is 2.17. The first-order chi connectivity index (χ1) is 9.95. The number of hydrogen-bond donors (Lipinski definition) is 2. The molecule has 0 fully saturated rings. The first-order valence-corrected chi connectivity index (χ1v) is 7.86. The Hall–Kier alpha value is -1.43. The zero-order chi connectivity index (χ0) is 15.4. The SMILES string of the molecule is Cc1csc(C(C)NC(=O)CC(O)c2ccc(Cl)cc2)n1. The van der Waals surface area contributed by atoms with Gasteiger partial charge in [0, 0.05) is 16.1 Å². The van der Waals surface area contributed by atoms with Crippen LogP contribution in [0.15, 0.2) is 29.6 Å². The number of carbonyl (C=O) groups is 1. The maximum absolute atomic E-state index is 12.0. The molecule has 0 aliphatic rings. The normalized spacial score (nSPS) is 13.7. The number of aliphatic hydroxyl groups is 1. The van der Waals surface area contributed by atoms with Gasteiger partial charge in [0.25, 0.3) is 0 Å². The van der Waals surface area contributed by atoms with Crippen molar-refractivity contribution in [3.05, 3.63) is 50.9 Å². The summed E-state index contributed by atoms with van der Waals surface area (Å²) in [5.41, 5.74) is 1.62. The van der Waals surface area contributed by atoms with Gasteiger partial charge in [0.15, 0.2) is 0 Å². The number of amides is 1. The monoisotopic (exact) mass is 324 g/mol. The van der Waals surface area contributed by atoms with Crippen LogP contribution in [0.5, 0.6) is 0 Å². The molecule has 6 heteroatoms. The smallest absolute Gasteiger partial charge is 0.223 e. The summed E-state index contributed by atoms with van der Waals surface area (Å²) < 4.78 is 0. The Morgan fingerprint density at radius 1 is 1.43 bits per heavy atom. The zero-order valence-corrected chi connectivity index (χ0v) is 13.4. The van der Waals surface area contributed by atoms with Gasteiger partial charge in [-0.1, -0.05) is 23.7 Å². The Kier molecular flexibility index (Phi) is 5.33. The number of benzene rings is 1. The summed E-state index contributed by atoms with van der Waals surface area (Å²) in [6.07, 6.45) is -0.830. The molecule has 0 aliphatic heterocycles. The van der Waals surface area contributed by atoms with Gasteiger partial charge in [-0.25, -0.2) is 4.98 Å². The first-order valence-electron chi connectivity index (χ1n) is 6.60. The molecule has 1 aromatic carbocycles. The number of rotatable bonds is 5. The van der Waals surface area contributed by atoms with Crippen LogP contribution in [0.3, 0.4) is 0 Å². The second-order valence-corrected chi connectivity index (χ2v) is 6.21. The molecule has 2 unspecified atom stereocenters. The minimum atomic E-state index is -0.840. The highest BCUT2D eigenvalue weighted by Crippen LogP contribution is 2.21. The fourth-order valence-electron chi connectivity index (χ4n) is 1.91. The number of aryl methyl sites for hydroxylation is 1. The lowest BCUT2D eigenvalue weighted by Gasteiger charge is -2.14. The van der Waals surface area contributed by atoms with E-state index in [1.54, 1.807) is 24.3 Å². The molecule has 0 aliphatic carbocycles. The number of aliphatic hydroxyl groups excluding tert-OH is 1. The number of aromatic nitrogens is 1. The minimum Gasteiger partial charge on any atom is -0.388 e. The van der Waals surface area contributed by atoms with Gasteiger partial charge in [-0.05, 0) is 31.5 Å². The molecule has 0 saturated carbocycles. The van der Waals surface area contributed by atoms with Gasteiger partial charge in [-0.2, -0.15) is 0 Å². The van der Waals surface area contributed by atoms with Gasteiger partial charge >= 0.3 is 0 Å². The fourth-order valence-corrected chi connectivity index (χ4v) is 2.84. The first kappa shape index (κ1) is 15.9. The Labute approximate surface area is 132 Å². The molecular weight excluding hydrogens is 308 g/mol. The lowest BCUT2D eigenvalue weighted by atomic mass is 10.1. The summed E-state index contributed by atoms with van der Waals surface area (Å²) in [7, 11) is 0. The highest BCUT2D eigenvalue weighted by atomic mass is 35.5. The summed E-state index contributed by atoms with van der Waals surface area (Å²) in [6, 6.07) is 6.66. The molecule has 0 saturated heterocycles. The molecule has 0 spiro atoms. The largest absolute Gasteiger partial charge is 0.388 e. The van der Waals surface area contributed by atoms with Gasteiger partial charge in [-0.3, -0.25) is 4.79 Å². The maximum atomic E-state index is 12.0. The fraction of sp³-hybridized carbons (Fsp3) is 0.333. The minimum absolute atomic E-state index is 0.0102. The molecule has 1 aromatic heterocycles. The van der Waals surface area contributed by atoms with Crippen molar-refractivity contribution in [1.82, 2.24) is 10.3 Å². The molecule has 2 atom stereocenters. The van der Waals surface area contributed by atoms with Crippen molar-refractivity contribution in [2.45, 2.75) is 32.4 Å². The Morgan fingerprint density at radius 3 is 2.67 bits per heavy atom. The third kappa shape index (κ3) is 4.52. The molecule has 1 amide bonds. The number of thiazole rings is 1. The molecule has 4 nitrogen and oxygen atoms in total. The van der Waals surface area contributed by atoms with E-state index in [1.165, 1.54) is 11.3 Å². The van der Waals surface area contributed by atoms with Gasteiger partial charge in [0.1, 0.15) is 5.01 Å². The lowest BCUT2D eigenvalue weighted by Crippen LogP contribution is -2.27. The average Bonchev–Trinajstić information content (AvgIpc) is 2.86. The zero-order valence-electron chi connectivity index (χ0n) is 11.8. The standard InChI is InChI=1S/C15H17ClN2O2S/c1-9-8-21-15(17-9)10(2)18-14(20)7-13(19)11-3-5-12(16)6-4-11/h3-6,8,10,13,19H,7H2,1-2H3,(H,18,20). The molecular formula is C15H17ClN2O2S. The molecule has 2 N–H and O–H groups in total. The molecule has 21 heavy (non-hydrogen) atoms. The van der Waals surface area contributed by atoms with E-state index in [4.69, 9.17) is 11.6 Å². The second kappa shape index (κ2) is 7.02. The molecule has 112 valence electrons. The molecule has 0 radical (unpaired) electrons. The van der Waals surface area contributed by atoms with Crippen molar-refractivity contribution in [3.8, 4) is 0 Å². The van der Waals surface area contributed by atoms with Crippen molar-refractivity contribution in [2.75, 3.05) is 0 Å². The van der Waals surface area contributed by atoms with Crippen molar-refractivity contribution in [3.63, 3.8) is 0 Å². The van der Waals surface area contributed by atoms with Gasteiger partial charge in [0.2, 0.25) is 5.91 Å². The molecule has 1 heterocycles. The van der Waals surface area contributed by atoms with E-state index in [-0.39, 0.29) is 18.4 Å². The Morgan fingerprint density at radius 2 is 2.10 bits per heavy atom. The average molecular weight is 325 g/mol. The van der Waals surface area contributed by atoms with Crippen LogP contribution in [0, 0.1) is 6.92 Å². The van der Waals surface area contributed by atoms with Crippen molar-refractivity contribution < 1.29 is 9.90 Å². The lowest BCUT2D eigenvalue weighted by molar-refractivity contribution is -0.123. The summed E-state index contributed by atoms with van der Waals surface area (Å²) in [4.78, 5) is 16.3. The van der Waals surface area contributed by atoms with Crippen molar-refractivity contribution in [1.29, 1.82) is 0 Å². The van der Waals surface area contributed by atoms with Crippen LogP contribution in [0.25, 0.3) is 0 Å². The van der Waals surface area contributed by atoms with Crippen LogP contribution < -0.4 is 5.32 Å². The van der Waals surface area contributed by atoms with E-state index in [0.29, 0.717) is 10.6 Å². The number of nitrogens with one attached hydrogen (secondary N) is 1. The van der Waals surface area contributed by atoms with E-state index in [2.05, 4.69) is 10.3 Å². The van der Waals surface area contributed by atoms with Crippen LogP contribution in [-0.4, -0.2) is 16.0 Å². The number of nitrogens with zero attached hydrogens (tertiary/aromatic N) is 1. The predicted octanol–water partition coefficient (Wildman–Crippen LogP) is 3.41. The van der Waals surface area contributed by atoms with E-state index in [0.717, 1.165) is 10.7 Å². The Bertz CT molecular complexity index is 612. The third-order valence-corrected chi connectivity index (χ3v) is 4.42. The van der Waals surface area contributed by atoms with Crippen molar-refractivity contribution >= 4 is 28.8 Å². The van der Waals surface area contributed by atoms with Crippen molar-refractivity contribution in [2.24, 2.45) is 0 Å². The molecule has 2 aromatic rings. The molecule has 0 bridgehead atoms.